The van der Waals surface area contributed by atoms with Crippen molar-refractivity contribution in [3.05, 3.63) is 52.8 Å². The van der Waals surface area contributed by atoms with Crippen LogP contribution in [0.25, 0.3) is 0 Å². The van der Waals surface area contributed by atoms with Gasteiger partial charge in [0.05, 0.1) is 16.8 Å². The van der Waals surface area contributed by atoms with Gasteiger partial charge in [0.25, 0.3) is 5.91 Å². The fourth-order valence-electron chi connectivity index (χ4n) is 3.54. The van der Waals surface area contributed by atoms with E-state index < -0.39 is 5.97 Å². The molecule has 26 heavy (non-hydrogen) atoms. The largest absolute Gasteiger partial charge is 0.478 e. The number of amides is 1. The van der Waals surface area contributed by atoms with Crippen LogP contribution in [0, 0.1) is 12.8 Å². The van der Waals surface area contributed by atoms with Crippen molar-refractivity contribution in [1.29, 1.82) is 0 Å². The summed E-state index contributed by atoms with van der Waals surface area (Å²) in [6.07, 6.45) is 4.67. The van der Waals surface area contributed by atoms with Crippen LogP contribution in [0.3, 0.4) is 0 Å². The fraction of sp³-hybridized carbons (Fsp3) is 0.450. The van der Waals surface area contributed by atoms with E-state index in [4.69, 9.17) is 5.11 Å². The molecule has 6 nitrogen and oxygen atoms in total. The third-order valence-electron chi connectivity index (χ3n) is 4.93. The molecule has 1 aromatic carbocycles. The maximum Gasteiger partial charge on any atom is 0.335 e. The van der Waals surface area contributed by atoms with Gasteiger partial charge in [-0.1, -0.05) is 19.1 Å². The average Bonchev–Trinajstić information content (AvgIpc) is 3.22. The van der Waals surface area contributed by atoms with Crippen molar-refractivity contribution < 1.29 is 14.7 Å². The van der Waals surface area contributed by atoms with E-state index in [-0.39, 0.29) is 5.91 Å². The maximum atomic E-state index is 12.8. The topological polar surface area (TPSA) is 75.4 Å². The summed E-state index contributed by atoms with van der Waals surface area (Å²) in [6.45, 7) is 6.29. The number of likely N-dealkylation sites (tertiary alicyclic amines) is 1. The molecule has 0 unspecified atom stereocenters. The van der Waals surface area contributed by atoms with Gasteiger partial charge in [0.15, 0.2) is 0 Å². The Morgan fingerprint density at radius 3 is 2.65 bits per heavy atom. The number of carboxylic acids is 1. The van der Waals surface area contributed by atoms with Gasteiger partial charge in [-0.3, -0.25) is 9.48 Å². The lowest BCUT2D eigenvalue weighted by molar-refractivity contribution is 0.0696. The Morgan fingerprint density at radius 1 is 1.27 bits per heavy atom. The molecule has 1 aliphatic heterocycles. The van der Waals surface area contributed by atoms with Gasteiger partial charge in [-0.25, -0.2) is 4.79 Å². The van der Waals surface area contributed by atoms with E-state index in [1.54, 1.807) is 12.1 Å². The molecule has 0 bridgehead atoms. The van der Waals surface area contributed by atoms with Crippen molar-refractivity contribution in [2.45, 2.75) is 39.7 Å². The predicted molar refractivity (Wildman–Crippen MR) is 98.4 cm³/mol. The minimum Gasteiger partial charge on any atom is -0.478 e. The van der Waals surface area contributed by atoms with E-state index in [0.29, 0.717) is 17.0 Å². The van der Waals surface area contributed by atoms with E-state index in [1.807, 2.05) is 34.8 Å². The summed E-state index contributed by atoms with van der Waals surface area (Å²) in [7, 11) is 0. The molecule has 2 aromatic rings. The number of carboxylic acid groups (broad SMARTS) is 1. The summed E-state index contributed by atoms with van der Waals surface area (Å²) in [6, 6.07) is 7.02. The highest BCUT2D eigenvalue weighted by Gasteiger charge is 2.28. The Morgan fingerprint density at radius 2 is 2.00 bits per heavy atom. The Kier molecular flexibility index (Phi) is 5.40. The third kappa shape index (κ3) is 3.95. The van der Waals surface area contributed by atoms with Crippen LogP contribution >= 0.6 is 0 Å². The molecule has 3 rings (SSSR count). The van der Waals surface area contributed by atoms with E-state index in [9.17, 15) is 9.59 Å². The number of benzene rings is 1. The number of nitrogens with zero attached hydrogens (tertiary/aromatic N) is 3. The van der Waals surface area contributed by atoms with Crippen LogP contribution in [0.4, 0.5) is 0 Å². The number of aromatic nitrogens is 2. The Labute approximate surface area is 153 Å². The minimum absolute atomic E-state index is 0.0635. The summed E-state index contributed by atoms with van der Waals surface area (Å²) >= 11 is 0. The number of hydrogen-bond donors (Lipinski definition) is 1. The van der Waals surface area contributed by atoms with Gasteiger partial charge in [0.2, 0.25) is 0 Å². The first-order chi connectivity index (χ1) is 12.5. The van der Waals surface area contributed by atoms with Gasteiger partial charge in [0, 0.05) is 25.8 Å². The van der Waals surface area contributed by atoms with Crippen molar-refractivity contribution >= 4 is 11.9 Å². The molecular formula is C20H25N3O3. The minimum atomic E-state index is -0.909. The average molecular weight is 355 g/mol. The highest BCUT2D eigenvalue weighted by molar-refractivity contribution is 5.95. The second-order valence-electron chi connectivity index (χ2n) is 7.00. The third-order valence-corrected chi connectivity index (χ3v) is 4.93. The molecule has 1 amide bonds. The molecule has 1 aliphatic rings. The number of aryl methyl sites for hydroxylation is 2. The van der Waals surface area contributed by atoms with Crippen molar-refractivity contribution in [3.63, 3.8) is 0 Å². The number of hydrogen-bond acceptors (Lipinski definition) is 3. The quantitative estimate of drug-likeness (QED) is 0.864. The zero-order valence-corrected chi connectivity index (χ0v) is 15.3. The van der Waals surface area contributed by atoms with E-state index in [1.165, 1.54) is 0 Å². The van der Waals surface area contributed by atoms with Crippen molar-refractivity contribution in [2.75, 3.05) is 13.1 Å². The van der Waals surface area contributed by atoms with Crippen LogP contribution in [0.5, 0.6) is 0 Å². The Bertz CT molecular complexity index is 795. The molecule has 1 saturated heterocycles. The second-order valence-corrected chi connectivity index (χ2v) is 7.00. The molecule has 6 heteroatoms. The van der Waals surface area contributed by atoms with Crippen LogP contribution in [0.2, 0.25) is 0 Å². The van der Waals surface area contributed by atoms with Crippen LogP contribution in [-0.2, 0) is 13.0 Å². The Balaban J connectivity index is 1.61. The molecule has 0 spiro atoms. The standard InChI is InChI=1S/C20H25N3O3/c1-3-9-23-13-18(14(2)21-23)19(24)22-10-8-16(12-22)11-15-4-6-17(7-5-15)20(25)26/h4-7,13,16H,3,8-12H2,1-2H3,(H,25,26)/t16-/m0/s1. The van der Waals surface area contributed by atoms with Crippen LogP contribution in [-0.4, -0.2) is 44.8 Å². The number of aromatic carboxylic acids is 1. The molecule has 1 N–H and O–H groups in total. The number of rotatable bonds is 6. The smallest absolute Gasteiger partial charge is 0.335 e. The van der Waals surface area contributed by atoms with E-state index in [0.717, 1.165) is 50.2 Å². The van der Waals surface area contributed by atoms with Gasteiger partial charge < -0.3 is 10.0 Å². The van der Waals surface area contributed by atoms with Gasteiger partial charge in [0.1, 0.15) is 0 Å². The molecule has 0 radical (unpaired) electrons. The normalized spacial score (nSPS) is 16.8. The fourth-order valence-corrected chi connectivity index (χ4v) is 3.54. The molecule has 1 atom stereocenters. The first-order valence-electron chi connectivity index (χ1n) is 9.13. The van der Waals surface area contributed by atoms with Crippen LogP contribution in [0.15, 0.2) is 30.5 Å². The number of carbonyl (C=O) groups is 2. The molecular weight excluding hydrogens is 330 g/mol. The molecule has 1 aromatic heterocycles. The van der Waals surface area contributed by atoms with Crippen molar-refractivity contribution in [3.8, 4) is 0 Å². The highest BCUT2D eigenvalue weighted by Crippen LogP contribution is 2.23. The van der Waals surface area contributed by atoms with Crippen molar-refractivity contribution in [1.82, 2.24) is 14.7 Å². The van der Waals surface area contributed by atoms with Crippen LogP contribution < -0.4 is 0 Å². The molecule has 138 valence electrons. The van der Waals surface area contributed by atoms with Crippen molar-refractivity contribution in [2.24, 2.45) is 5.92 Å². The van der Waals surface area contributed by atoms with Crippen LogP contribution in [0.1, 0.15) is 51.7 Å². The highest BCUT2D eigenvalue weighted by atomic mass is 16.4. The first kappa shape index (κ1) is 18.2. The summed E-state index contributed by atoms with van der Waals surface area (Å²) < 4.78 is 1.85. The molecule has 2 heterocycles. The zero-order valence-electron chi connectivity index (χ0n) is 15.3. The van der Waals surface area contributed by atoms with E-state index >= 15 is 0 Å². The monoisotopic (exact) mass is 355 g/mol. The predicted octanol–water partition coefficient (Wildman–Crippen LogP) is 3.00. The van der Waals surface area contributed by atoms with Gasteiger partial charge in [-0.2, -0.15) is 5.10 Å². The summed E-state index contributed by atoms with van der Waals surface area (Å²) in [5.74, 6) is -0.442. The SMILES string of the molecule is CCCn1cc(C(=O)N2CC[C@@H](Cc3ccc(C(=O)O)cc3)C2)c(C)n1. The van der Waals surface area contributed by atoms with E-state index in [2.05, 4.69) is 12.0 Å². The molecule has 0 aliphatic carbocycles. The zero-order chi connectivity index (χ0) is 18.7. The Hall–Kier alpha value is -2.63. The summed E-state index contributed by atoms with van der Waals surface area (Å²) in [4.78, 5) is 25.7. The lowest BCUT2D eigenvalue weighted by Gasteiger charge is -2.16. The molecule has 0 saturated carbocycles. The van der Waals surface area contributed by atoms with Gasteiger partial charge in [-0.05, 0) is 49.8 Å². The van der Waals surface area contributed by atoms with Gasteiger partial charge >= 0.3 is 5.97 Å². The first-order valence-corrected chi connectivity index (χ1v) is 9.13. The lowest BCUT2D eigenvalue weighted by Crippen LogP contribution is -2.29. The number of carbonyl (C=O) groups excluding carboxylic acids is 1. The lowest BCUT2D eigenvalue weighted by atomic mass is 9.98. The maximum absolute atomic E-state index is 12.8. The second kappa shape index (κ2) is 7.72. The summed E-state index contributed by atoms with van der Waals surface area (Å²) in [5, 5.41) is 13.4. The molecule has 1 fully saturated rings. The van der Waals surface area contributed by atoms with Gasteiger partial charge in [-0.15, -0.1) is 0 Å². The summed E-state index contributed by atoms with van der Waals surface area (Å²) in [5.41, 5.74) is 2.90.